The fraction of sp³-hybridized carbons (Fsp3) is 0.350. The lowest BCUT2D eigenvalue weighted by molar-refractivity contribution is 0.462. The van der Waals surface area contributed by atoms with Crippen LogP contribution in [0.5, 0.6) is 5.75 Å². The highest BCUT2D eigenvalue weighted by atomic mass is 19.2. The van der Waals surface area contributed by atoms with Crippen molar-refractivity contribution in [2.45, 2.75) is 32.6 Å². The van der Waals surface area contributed by atoms with Gasteiger partial charge in [0.2, 0.25) is 11.6 Å². The summed E-state index contributed by atoms with van der Waals surface area (Å²) in [5.74, 6) is -5.69. The summed E-state index contributed by atoms with van der Waals surface area (Å²) in [5, 5.41) is 10.4. The van der Waals surface area contributed by atoms with Crippen LogP contribution in [-0.4, -0.2) is 18.7 Å². The number of hydrogen-bond acceptors (Lipinski definition) is 4. The van der Waals surface area contributed by atoms with Gasteiger partial charge in [0.25, 0.3) is 5.43 Å². The lowest BCUT2D eigenvalue weighted by Gasteiger charge is -2.20. The Balaban J connectivity index is 2.08. The lowest BCUT2D eigenvalue weighted by atomic mass is 10.1. The van der Waals surface area contributed by atoms with Crippen LogP contribution in [-0.2, 0) is 0 Å². The minimum Gasteiger partial charge on any atom is -0.507 e. The van der Waals surface area contributed by atoms with E-state index in [1.54, 1.807) is 6.07 Å². The van der Waals surface area contributed by atoms with Crippen molar-refractivity contribution in [3.8, 4) is 17.1 Å². The van der Waals surface area contributed by atoms with Gasteiger partial charge in [-0.2, -0.15) is 8.78 Å². The summed E-state index contributed by atoms with van der Waals surface area (Å²) in [4.78, 5) is 13.4. The zero-order valence-electron chi connectivity index (χ0n) is 15.1. The Hall–Kier alpha value is -2.70. The molecule has 0 aromatic heterocycles. The minimum atomic E-state index is -1.81. The Morgan fingerprint density at radius 1 is 1.04 bits per heavy atom. The van der Waals surface area contributed by atoms with Crippen molar-refractivity contribution in [2.75, 3.05) is 18.5 Å². The van der Waals surface area contributed by atoms with E-state index in [0.717, 1.165) is 38.3 Å². The Kier molecular flexibility index (Phi) is 5.30. The van der Waals surface area contributed by atoms with Gasteiger partial charge in [-0.25, -0.2) is 4.39 Å². The van der Waals surface area contributed by atoms with E-state index in [1.165, 1.54) is 6.07 Å². The monoisotopic (exact) mass is 379 g/mol. The zero-order valence-corrected chi connectivity index (χ0v) is 15.1. The normalized spacial score (nSPS) is 11.4. The van der Waals surface area contributed by atoms with Crippen LogP contribution < -0.4 is 10.3 Å². The number of nitrogens with zero attached hydrogens (tertiary/aromatic N) is 1. The van der Waals surface area contributed by atoms with Crippen molar-refractivity contribution >= 4 is 16.7 Å². The van der Waals surface area contributed by atoms with E-state index in [1.807, 2.05) is 11.9 Å². The summed E-state index contributed by atoms with van der Waals surface area (Å²) in [7, 11) is 1.85. The van der Waals surface area contributed by atoms with Gasteiger partial charge in [0.15, 0.2) is 11.6 Å². The predicted molar refractivity (Wildman–Crippen MR) is 98.1 cm³/mol. The zero-order chi connectivity index (χ0) is 19.7. The fourth-order valence-corrected chi connectivity index (χ4v) is 3.07. The standard InChI is InChI=1S/C20H20F3NO3/c1-3-4-5-6-7-24(2)11-8-14(25)12-10-13-16(21)17(22)19(26)18(23)20(13)27-15(12)9-11/h8-10,25H,3-7H2,1-2H3. The summed E-state index contributed by atoms with van der Waals surface area (Å²) < 4.78 is 47.0. The number of anilines is 1. The second kappa shape index (κ2) is 7.50. The van der Waals surface area contributed by atoms with Gasteiger partial charge in [0.05, 0.1) is 10.9 Å². The summed E-state index contributed by atoms with van der Waals surface area (Å²) in [6.07, 6.45) is 4.31. The number of hydrogen-bond donors (Lipinski definition) is 1. The molecule has 144 valence electrons. The molecule has 0 fully saturated rings. The first-order valence-corrected chi connectivity index (χ1v) is 8.83. The van der Waals surface area contributed by atoms with Crippen LogP contribution in [0.3, 0.4) is 0 Å². The van der Waals surface area contributed by atoms with Crippen LogP contribution in [0.4, 0.5) is 18.9 Å². The fourth-order valence-electron chi connectivity index (χ4n) is 3.07. The van der Waals surface area contributed by atoms with Crippen LogP contribution >= 0.6 is 0 Å². The van der Waals surface area contributed by atoms with Gasteiger partial charge in [-0.1, -0.05) is 26.2 Å². The van der Waals surface area contributed by atoms with E-state index < -0.39 is 34.2 Å². The molecule has 0 bridgehead atoms. The number of rotatable bonds is 6. The van der Waals surface area contributed by atoms with E-state index in [0.29, 0.717) is 5.69 Å². The molecule has 1 heterocycles. The molecule has 1 N–H and O–H groups in total. The van der Waals surface area contributed by atoms with Crippen molar-refractivity contribution in [3.63, 3.8) is 0 Å². The molecule has 1 aliphatic carbocycles. The molecule has 1 aromatic rings. The van der Waals surface area contributed by atoms with Gasteiger partial charge >= 0.3 is 0 Å². The van der Waals surface area contributed by atoms with Crippen LogP contribution in [0, 0.1) is 17.5 Å². The maximum Gasteiger partial charge on any atom is 0.256 e. The lowest BCUT2D eigenvalue weighted by Crippen LogP contribution is -2.18. The molecule has 1 aliphatic heterocycles. The second-order valence-electron chi connectivity index (χ2n) is 6.62. The largest absolute Gasteiger partial charge is 0.507 e. The topological polar surface area (TPSA) is 53.7 Å². The molecule has 27 heavy (non-hydrogen) atoms. The third kappa shape index (κ3) is 3.46. The molecule has 2 aliphatic rings. The van der Waals surface area contributed by atoms with Gasteiger partial charge in [-0.3, -0.25) is 4.79 Å². The molecule has 1 aromatic carbocycles. The van der Waals surface area contributed by atoms with Crippen LogP contribution in [0.1, 0.15) is 32.6 Å². The van der Waals surface area contributed by atoms with Crippen molar-refractivity contribution in [1.29, 1.82) is 0 Å². The second-order valence-corrected chi connectivity index (χ2v) is 6.62. The highest BCUT2D eigenvalue weighted by molar-refractivity contribution is 5.91. The molecule has 7 heteroatoms. The van der Waals surface area contributed by atoms with Crippen LogP contribution in [0.2, 0.25) is 0 Å². The van der Waals surface area contributed by atoms with Gasteiger partial charge < -0.3 is 14.4 Å². The predicted octanol–water partition coefficient (Wildman–Crippen LogP) is 5.04. The number of unbranched alkanes of at least 4 members (excludes halogenated alkanes) is 3. The number of phenols is 1. The summed E-state index contributed by atoms with van der Waals surface area (Å²) in [6.45, 7) is 2.87. The smallest absolute Gasteiger partial charge is 0.256 e. The Labute approximate surface area is 154 Å². The van der Waals surface area contributed by atoms with Crippen molar-refractivity contribution < 1.29 is 22.7 Å². The van der Waals surface area contributed by atoms with Crippen LogP contribution in [0.15, 0.2) is 27.4 Å². The van der Waals surface area contributed by atoms with E-state index in [-0.39, 0.29) is 16.7 Å². The third-order valence-corrected chi connectivity index (χ3v) is 4.67. The molecule has 0 saturated heterocycles. The summed E-state index contributed by atoms with van der Waals surface area (Å²) in [6, 6.07) is 4.13. The molecule has 0 atom stereocenters. The summed E-state index contributed by atoms with van der Waals surface area (Å²) >= 11 is 0. The molecule has 0 unspecified atom stereocenters. The van der Waals surface area contributed by atoms with Gasteiger partial charge in [-0.05, 0) is 12.5 Å². The SMILES string of the molecule is CCCCCCN(C)c1cc(O)c2cc3c(F)c(F)c(=O)c(F)c-3oc2c1. The number of benzene rings is 2. The first kappa shape index (κ1) is 19.1. The first-order chi connectivity index (χ1) is 12.8. The molecule has 0 radical (unpaired) electrons. The maximum atomic E-state index is 14.1. The number of halogens is 3. The number of aromatic hydroxyl groups is 1. The van der Waals surface area contributed by atoms with Gasteiger partial charge in [-0.15, -0.1) is 0 Å². The van der Waals surface area contributed by atoms with E-state index in [2.05, 4.69) is 6.92 Å². The van der Waals surface area contributed by atoms with E-state index in [4.69, 9.17) is 4.42 Å². The van der Waals surface area contributed by atoms with Gasteiger partial charge in [0, 0.05) is 31.4 Å². The number of fused-ring (bicyclic) bond motifs is 2. The van der Waals surface area contributed by atoms with E-state index >= 15 is 0 Å². The van der Waals surface area contributed by atoms with E-state index in [9.17, 15) is 23.1 Å². The van der Waals surface area contributed by atoms with Gasteiger partial charge in [0.1, 0.15) is 11.3 Å². The molecule has 0 saturated carbocycles. The van der Waals surface area contributed by atoms with Crippen molar-refractivity contribution in [1.82, 2.24) is 0 Å². The first-order valence-electron chi connectivity index (χ1n) is 8.83. The Morgan fingerprint density at radius 3 is 2.48 bits per heavy atom. The maximum absolute atomic E-state index is 14.1. The Morgan fingerprint density at radius 2 is 1.78 bits per heavy atom. The minimum absolute atomic E-state index is 0.0715. The molecule has 0 amide bonds. The molecular weight excluding hydrogens is 359 g/mol. The average Bonchev–Trinajstić information content (AvgIpc) is 2.66. The summed E-state index contributed by atoms with van der Waals surface area (Å²) in [5.41, 5.74) is -1.52. The molecular formula is C20H20F3NO3. The van der Waals surface area contributed by atoms with Crippen molar-refractivity contribution in [2.24, 2.45) is 0 Å². The van der Waals surface area contributed by atoms with Crippen molar-refractivity contribution in [3.05, 3.63) is 45.9 Å². The average molecular weight is 379 g/mol. The Bertz CT molecular complexity index is 1020. The van der Waals surface area contributed by atoms with Crippen LogP contribution in [0.25, 0.3) is 22.3 Å². The quantitative estimate of drug-likeness (QED) is 0.370. The molecule has 3 rings (SSSR count). The highest BCUT2D eigenvalue weighted by Crippen LogP contribution is 2.37. The number of phenolic OH excluding ortho intramolecular Hbond substituents is 1. The molecule has 4 nitrogen and oxygen atoms in total. The highest BCUT2D eigenvalue weighted by Gasteiger charge is 2.26. The molecule has 0 spiro atoms. The third-order valence-electron chi connectivity index (χ3n) is 4.67.